The van der Waals surface area contributed by atoms with Crippen molar-refractivity contribution in [2.45, 2.75) is 46.0 Å². The molecule has 1 N–H and O–H groups in total. The van der Waals surface area contributed by atoms with Crippen LogP contribution in [0.15, 0.2) is 70.3 Å². The van der Waals surface area contributed by atoms with Crippen molar-refractivity contribution < 1.29 is 31.9 Å². The standard InChI is InChI=1S/C33H28F4N4O5/c1-18(2)27-28(29(42)23-10-19(3)9-21(11-23)15-38)41(32(45)39-30(27)43)17-22-12-24(34)14-25(13-22)40(31(44)33(35,36)37)16-20-5-7-26(46-4)8-6-20/h5-14,18H,16-17H2,1-4H3,(H,39,43,45). The maximum absolute atomic E-state index is 15.0. The molecule has 9 nitrogen and oxygen atoms in total. The van der Waals surface area contributed by atoms with Gasteiger partial charge in [0.1, 0.15) is 17.3 Å². The Labute approximate surface area is 260 Å². The summed E-state index contributed by atoms with van der Waals surface area (Å²) in [7, 11) is 1.41. The molecule has 4 aromatic rings. The number of methoxy groups -OCH3 is 1. The van der Waals surface area contributed by atoms with E-state index in [0.29, 0.717) is 16.2 Å². The minimum Gasteiger partial charge on any atom is -0.497 e. The van der Waals surface area contributed by atoms with E-state index in [-0.39, 0.29) is 33.5 Å². The summed E-state index contributed by atoms with van der Waals surface area (Å²) < 4.78 is 62.1. The average Bonchev–Trinajstić information content (AvgIpc) is 2.99. The summed E-state index contributed by atoms with van der Waals surface area (Å²) in [6.07, 6.45) is -5.31. The molecule has 0 aliphatic rings. The van der Waals surface area contributed by atoms with E-state index in [1.807, 2.05) is 6.07 Å². The zero-order valence-corrected chi connectivity index (χ0v) is 25.2. The molecule has 0 aliphatic heterocycles. The molecule has 0 bridgehead atoms. The topological polar surface area (TPSA) is 125 Å². The summed E-state index contributed by atoms with van der Waals surface area (Å²) in [5.41, 5.74) is -1.76. The Bertz CT molecular complexity index is 1970. The second-order valence-electron chi connectivity index (χ2n) is 10.8. The number of nitrogens with zero attached hydrogens (tertiary/aromatic N) is 3. The minimum absolute atomic E-state index is 0.0126. The number of amides is 1. The normalized spacial score (nSPS) is 11.3. The first-order valence-electron chi connectivity index (χ1n) is 13.9. The number of aryl methyl sites for hydroxylation is 1. The molecular formula is C33H28F4N4O5. The Morgan fingerprint density at radius 2 is 1.70 bits per heavy atom. The highest BCUT2D eigenvalue weighted by atomic mass is 19.4. The van der Waals surface area contributed by atoms with Crippen LogP contribution in [0.2, 0.25) is 0 Å². The summed E-state index contributed by atoms with van der Waals surface area (Å²) in [4.78, 5) is 55.1. The molecule has 4 rings (SSSR count). The number of aromatic nitrogens is 2. The van der Waals surface area contributed by atoms with Gasteiger partial charge in [0, 0.05) is 16.8 Å². The first-order valence-corrected chi connectivity index (χ1v) is 13.9. The third-order valence-electron chi connectivity index (χ3n) is 7.08. The van der Waals surface area contributed by atoms with Crippen molar-refractivity contribution in [3.63, 3.8) is 0 Å². The summed E-state index contributed by atoms with van der Waals surface area (Å²) in [5, 5.41) is 9.41. The number of nitrogens with one attached hydrogen (secondary N) is 1. The van der Waals surface area contributed by atoms with Gasteiger partial charge in [-0.15, -0.1) is 0 Å². The van der Waals surface area contributed by atoms with E-state index in [0.717, 1.165) is 22.8 Å². The van der Waals surface area contributed by atoms with Crippen LogP contribution in [0.3, 0.4) is 0 Å². The lowest BCUT2D eigenvalue weighted by Crippen LogP contribution is -2.41. The maximum Gasteiger partial charge on any atom is 0.471 e. The van der Waals surface area contributed by atoms with E-state index in [9.17, 15) is 37.6 Å². The van der Waals surface area contributed by atoms with Crippen molar-refractivity contribution in [3.8, 4) is 11.8 Å². The monoisotopic (exact) mass is 636 g/mol. The summed E-state index contributed by atoms with van der Waals surface area (Å²) in [6, 6.07) is 14.9. The van der Waals surface area contributed by atoms with E-state index < -0.39 is 59.6 Å². The molecule has 0 atom stereocenters. The molecule has 1 aromatic heterocycles. The molecule has 3 aromatic carbocycles. The molecule has 0 unspecified atom stereocenters. The molecule has 238 valence electrons. The van der Waals surface area contributed by atoms with Crippen LogP contribution in [0.4, 0.5) is 23.2 Å². The predicted octanol–water partition coefficient (Wildman–Crippen LogP) is 5.36. The van der Waals surface area contributed by atoms with Gasteiger partial charge in [-0.3, -0.25) is 23.9 Å². The van der Waals surface area contributed by atoms with Gasteiger partial charge in [-0.05, 0) is 78.1 Å². The molecule has 1 amide bonds. The number of rotatable bonds is 9. The average molecular weight is 637 g/mol. The van der Waals surface area contributed by atoms with Gasteiger partial charge < -0.3 is 9.64 Å². The molecule has 0 aliphatic carbocycles. The summed E-state index contributed by atoms with van der Waals surface area (Å²) >= 11 is 0. The lowest BCUT2D eigenvalue weighted by atomic mass is 9.95. The Kier molecular flexibility index (Phi) is 9.60. The van der Waals surface area contributed by atoms with Crippen LogP contribution in [0, 0.1) is 24.1 Å². The first-order chi connectivity index (χ1) is 21.6. The summed E-state index contributed by atoms with van der Waals surface area (Å²) in [6.45, 7) is 3.74. The van der Waals surface area contributed by atoms with Crippen LogP contribution in [0.5, 0.6) is 5.75 Å². The molecule has 0 spiro atoms. The molecular weight excluding hydrogens is 608 g/mol. The quantitative estimate of drug-likeness (QED) is 0.195. The van der Waals surface area contributed by atoms with Crippen molar-refractivity contribution >= 4 is 17.4 Å². The Hall–Kier alpha value is -5.51. The summed E-state index contributed by atoms with van der Waals surface area (Å²) in [5.74, 6) is -4.20. The van der Waals surface area contributed by atoms with Crippen LogP contribution in [0.25, 0.3) is 0 Å². The maximum atomic E-state index is 15.0. The van der Waals surface area contributed by atoms with Gasteiger partial charge >= 0.3 is 17.8 Å². The zero-order chi connectivity index (χ0) is 33.9. The van der Waals surface area contributed by atoms with Crippen LogP contribution in [-0.4, -0.2) is 34.5 Å². The number of carbonyl (C=O) groups is 2. The fraction of sp³-hybridized carbons (Fsp3) is 0.242. The zero-order valence-electron chi connectivity index (χ0n) is 25.2. The molecule has 46 heavy (non-hydrogen) atoms. The lowest BCUT2D eigenvalue weighted by Gasteiger charge is -2.25. The number of ketones is 1. The Balaban J connectivity index is 1.87. The number of nitriles is 1. The van der Waals surface area contributed by atoms with E-state index in [1.165, 1.54) is 43.5 Å². The van der Waals surface area contributed by atoms with Crippen molar-refractivity contribution in [1.29, 1.82) is 5.26 Å². The lowest BCUT2D eigenvalue weighted by molar-refractivity contribution is -0.170. The van der Waals surface area contributed by atoms with Gasteiger partial charge in [0.25, 0.3) is 5.56 Å². The highest BCUT2D eigenvalue weighted by molar-refractivity contribution is 6.09. The number of hydrogen-bond donors (Lipinski definition) is 1. The predicted molar refractivity (Wildman–Crippen MR) is 160 cm³/mol. The second-order valence-corrected chi connectivity index (χ2v) is 10.8. The van der Waals surface area contributed by atoms with Crippen LogP contribution in [0.1, 0.15) is 63.6 Å². The number of H-pyrrole nitrogens is 1. The van der Waals surface area contributed by atoms with Gasteiger partial charge in [-0.2, -0.15) is 18.4 Å². The largest absolute Gasteiger partial charge is 0.497 e. The number of benzene rings is 3. The van der Waals surface area contributed by atoms with Gasteiger partial charge in [0.15, 0.2) is 0 Å². The van der Waals surface area contributed by atoms with Crippen LogP contribution in [-0.2, 0) is 17.9 Å². The molecule has 0 saturated heterocycles. The molecule has 0 saturated carbocycles. The molecule has 0 fully saturated rings. The number of halogens is 4. The van der Waals surface area contributed by atoms with Crippen molar-refractivity contribution in [1.82, 2.24) is 9.55 Å². The van der Waals surface area contributed by atoms with Gasteiger partial charge in [-0.1, -0.05) is 26.0 Å². The second kappa shape index (κ2) is 13.2. The minimum atomic E-state index is -5.31. The van der Waals surface area contributed by atoms with Crippen LogP contribution < -0.4 is 20.9 Å². The number of carbonyl (C=O) groups excluding carboxylic acids is 2. The number of hydrogen-bond acceptors (Lipinski definition) is 6. The molecule has 1 heterocycles. The van der Waals surface area contributed by atoms with E-state index >= 15 is 4.39 Å². The van der Waals surface area contributed by atoms with Crippen molar-refractivity contribution in [2.75, 3.05) is 12.0 Å². The number of anilines is 1. The Morgan fingerprint density at radius 1 is 1.02 bits per heavy atom. The fourth-order valence-corrected chi connectivity index (χ4v) is 5.04. The number of aromatic amines is 1. The third-order valence-corrected chi connectivity index (χ3v) is 7.08. The SMILES string of the molecule is COc1ccc(CN(C(=O)C(F)(F)F)c2cc(F)cc(Cn3c(C(=O)c4cc(C)cc(C#N)c4)c(C(C)C)c(=O)[nH]c3=O)c2)cc1. The van der Waals surface area contributed by atoms with Crippen molar-refractivity contribution in [2.24, 2.45) is 0 Å². The highest BCUT2D eigenvalue weighted by Gasteiger charge is 2.43. The van der Waals surface area contributed by atoms with Crippen molar-refractivity contribution in [3.05, 3.63) is 126 Å². The third kappa shape index (κ3) is 7.23. The van der Waals surface area contributed by atoms with Gasteiger partial charge in [0.2, 0.25) is 5.78 Å². The molecule has 0 radical (unpaired) electrons. The van der Waals surface area contributed by atoms with E-state index in [1.54, 1.807) is 26.8 Å². The fourth-order valence-electron chi connectivity index (χ4n) is 5.04. The van der Waals surface area contributed by atoms with Gasteiger partial charge in [0.05, 0.1) is 31.8 Å². The number of alkyl halides is 3. The Morgan fingerprint density at radius 3 is 2.28 bits per heavy atom. The number of ether oxygens (including phenoxy) is 1. The first kappa shape index (κ1) is 33.4. The molecule has 13 heteroatoms. The highest BCUT2D eigenvalue weighted by Crippen LogP contribution is 2.29. The van der Waals surface area contributed by atoms with Crippen LogP contribution >= 0.6 is 0 Å². The van der Waals surface area contributed by atoms with E-state index in [4.69, 9.17) is 4.74 Å². The van der Waals surface area contributed by atoms with E-state index in [2.05, 4.69) is 4.98 Å². The van der Waals surface area contributed by atoms with Gasteiger partial charge in [-0.25, -0.2) is 9.18 Å². The smallest absolute Gasteiger partial charge is 0.471 e.